The van der Waals surface area contributed by atoms with Crippen molar-refractivity contribution in [3.63, 3.8) is 0 Å². The van der Waals surface area contributed by atoms with Gasteiger partial charge in [0.15, 0.2) is 11.3 Å². The largest absolute Gasteiger partial charge is 0.496 e. The van der Waals surface area contributed by atoms with Gasteiger partial charge < -0.3 is 31.6 Å². The third-order valence-electron chi connectivity index (χ3n) is 5.38. The van der Waals surface area contributed by atoms with Gasteiger partial charge in [0, 0.05) is 13.1 Å². The minimum Gasteiger partial charge on any atom is -0.496 e. The molecule has 0 aliphatic heterocycles. The van der Waals surface area contributed by atoms with Gasteiger partial charge in [0.05, 0.1) is 32.5 Å². The summed E-state index contributed by atoms with van der Waals surface area (Å²) in [7, 11) is 3.33. The molecule has 0 aliphatic rings. The maximum atomic E-state index is 5.91. The van der Waals surface area contributed by atoms with Crippen molar-refractivity contribution in [2.45, 2.75) is 45.7 Å². The third kappa shape index (κ3) is 6.45. The second-order valence-electron chi connectivity index (χ2n) is 7.92. The topological polar surface area (TPSA) is 138 Å². The molecule has 180 valence electrons. The van der Waals surface area contributed by atoms with Crippen LogP contribution in [-0.4, -0.2) is 53.6 Å². The van der Waals surface area contributed by atoms with Crippen LogP contribution in [0.3, 0.4) is 0 Å². The lowest BCUT2D eigenvalue weighted by molar-refractivity contribution is 0.380. The summed E-state index contributed by atoms with van der Waals surface area (Å²) >= 11 is 0. The van der Waals surface area contributed by atoms with Crippen LogP contribution in [0.5, 0.6) is 11.5 Å². The SMILES string of the molecule is CCCCNc1nc(N)nc2cn(Cc3c(OC)cc(CNCCCCN)cc3OC)nc12. The molecular formula is C23H36N8O2. The summed E-state index contributed by atoms with van der Waals surface area (Å²) in [5.41, 5.74) is 14.9. The number of methoxy groups -OCH3 is 2. The Morgan fingerprint density at radius 1 is 1.03 bits per heavy atom. The molecule has 1 aromatic carbocycles. The van der Waals surface area contributed by atoms with Crippen LogP contribution in [0.15, 0.2) is 18.3 Å². The first-order valence-corrected chi connectivity index (χ1v) is 11.5. The maximum absolute atomic E-state index is 5.91. The molecule has 0 atom stereocenters. The molecule has 0 unspecified atom stereocenters. The van der Waals surface area contributed by atoms with Crippen LogP contribution in [0.25, 0.3) is 11.0 Å². The predicted octanol–water partition coefficient (Wildman–Crippen LogP) is 2.51. The maximum Gasteiger partial charge on any atom is 0.222 e. The fourth-order valence-corrected chi connectivity index (χ4v) is 3.65. The fraction of sp³-hybridized carbons (Fsp3) is 0.522. The van der Waals surface area contributed by atoms with E-state index in [9.17, 15) is 0 Å². The van der Waals surface area contributed by atoms with Crippen molar-refractivity contribution in [3.8, 4) is 11.5 Å². The third-order valence-corrected chi connectivity index (χ3v) is 5.38. The van der Waals surface area contributed by atoms with Crippen molar-refractivity contribution in [3.05, 3.63) is 29.5 Å². The van der Waals surface area contributed by atoms with Gasteiger partial charge in [0.2, 0.25) is 5.95 Å². The Balaban J connectivity index is 1.83. The molecule has 3 aromatic rings. The van der Waals surface area contributed by atoms with Gasteiger partial charge in [-0.25, -0.2) is 4.98 Å². The minimum atomic E-state index is 0.222. The number of rotatable bonds is 14. The molecule has 0 saturated heterocycles. The molecule has 2 heterocycles. The van der Waals surface area contributed by atoms with E-state index in [-0.39, 0.29) is 5.95 Å². The van der Waals surface area contributed by atoms with Gasteiger partial charge in [-0.15, -0.1) is 0 Å². The summed E-state index contributed by atoms with van der Waals surface area (Å²) in [6.45, 7) is 5.77. The molecule has 0 aliphatic carbocycles. The van der Waals surface area contributed by atoms with Crippen molar-refractivity contribution < 1.29 is 9.47 Å². The van der Waals surface area contributed by atoms with Crippen molar-refractivity contribution in [2.24, 2.45) is 5.73 Å². The lowest BCUT2D eigenvalue weighted by Gasteiger charge is -2.16. The van der Waals surface area contributed by atoms with E-state index in [1.807, 2.05) is 23.0 Å². The highest BCUT2D eigenvalue weighted by atomic mass is 16.5. The normalized spacial score (nSPS) is 11.2. The van der Waals surface area contributed by atoms with Crippen molar-refractivity contribution in [1.82, 2.24) is 25.1 Å². The molecule has 0 bridgehead atoms. The van der Waals surface area contributed by atoms with Crippen LogP contribution >= 0.6 is 0 Å². The Labute approximate surface area is 195 Å². The summed E-state index contributed by atoms with van der Waals surface area (Å²) in [4.78, 5) is 8.68. The first kappa shape index (κ1) is 24.5. The Kier molecular flexibility index (Phi) is 9.08. The molecule has 10 nitrogen and oxygen atoms in total. The molecule has 0 spiro atoms. The molecule has 33 heavy (non-hydrogen) atoms. The summed E-state index contributed by atoms with van der Waals surface area (Å²) < 4.78 is 13.2. The summed E-state index contributed by atoms with van der Waals surface area (Å²) in [6.07, 6.45) is 6.06. The Bertz CT molecular complexity index is 1010. The quantitative estimate of drug-likeness (QED) is 0.269. The molecule has 0 amide bonds. The van der Waals surface area contributed by atoms with E-state index >= 15 is 0 Å². The van der Waals surface area contributed by atoms with Crippen LogP contribution in [0.4, 0.5) is 11.8 Å². The summed E-state index contributed by atoms with van der Waals surface area (Å²) in [5.74, 6) is 2.37. The molecule has 0 saturated carbocycles. The first-order valence-electron chi connectivity index (χ1n) is 11.5. The first-order chi connectivity index (χ1) is 16.1. The van der Waals surface area contributed by atoms with Crippen LogP contribution in [0.1, 0.15) is 43.7 Å². The smallest absolute Gasteiger partial charge is 0.222 e. The zero-order valence-electron chi connectivity index (χ0n) is 19.9. The highest BCUT2D eigenvalue weighted by molar-refractivity contribution is 5.85. The molecule has 0 radical (unpaired) electrons. The number of nitrogens with one attached hydrogen (secondary N) is 2. The summed E-state index contributed by atoms with van der Waals surface area (Å²) in [6, 6.07) is 4.07. The molecule has 3 rings (SSSR count). The summed E-state index contributed by atoms with van der Waals surface area (Å²) in [5, 5.41) is 11.5. The molecule has 0 fully saturated rings. The number of nitrogen functional groups attached to an aromatic ring is 1. The van der Waals surface area contributed by atoms with Gasteiger partial charge in [-0.2, -0.15) is 10.1 Å². The van der Waals surface area contributed by atoms with Gasteiger partial charge >= 0.3 is 0 Å². The number of hydrogen-bond donors (Lipinski definition) is 4. The number of benzene rings is 1. The average Bonchev–Trinajstić information content (AvgIpc) is 3.21. The van der Waals surface area contributed by atoms with E-state index < -0.39 is 0 Å². The molecule has 2 aromatic heterocycles. The van der Waals surface area contributed by atoms with Crippen LogP contribution in [0, 0.1) is 0 Å². The standard InChI is InChI=1S/C23H36N8O2/c1-4-5-10-27-22-21-18(28-23(25)29-22)15-31(30-21)14-17-19(32-2)11-16(12-20(17)33-3)13-26-9-7-6-8-24/h11-12,15,26H,4-10,13-14,24H2,1-3H3,(H3,25,27,28,29). The Hall–Kier alpha value is -3.11. The van der Waals surface area contributed by atoms with Gasteiger partial charge in [-0.3, -0.25) is 4.68 Å². The van der Waals surface area contributed by atoms with Crippen molar-refractivity contribution in [2.75, 3.05) is 44.9 Å². The van der Waals surface area contributed by atoms with Gasteiger partial charge in [0.25, 0.3) is 0 Å². The van der Waals surface area contributed by atoms with Gasteiger partial charge in [0.1, 0.15) is 17.0 Å². The van der Waals surface area contributed by atoms with E-state index in [1.165, 1.54) is 0 Å². The second-order valence-corrected chi connectivity index (χ2v) is 7.92. The molecular weight excluding hydrogens is 420 g/mol. The Morgan fingerprint density at radius 2 is 1.79 bits per heavy atom. The van der Waals surface area contributed by atoms with E-state index in [0.29, 0.717) is 23.4 Å². The number of ether oxygens (including phenoxy) is 2. The predicted molar refractivity (Wildman–Crippen MR) is 132 cm³/mol. The van der Waals surface area contributed by atoms with Crippen LogP contribution in [-0.2, 0) is 13.1 Å². The van der Waals surface area contributed by atoms with E-state index in [1.54, 1.807) is 14.2 Å². The number of unbranched alkanes of at least 4 members (excludes halogenated alkanes) is 2. The van der Waals surface area contributed by atoms with E-state index in [2.05, 4.69) is 27.5 Å². The lowest BCUT2D eigenvalue weighted by Crippen LogP contribution is -2.16. The van der Waals surface area contributed by atoms with E-state index in [0.717, 1.165) is 74.5 Å². The van der Waals surface area contributed by atoms with Crippen molar-refractivity contribution >= 4 is 22.8 Å². The van der Waals surface area contributed by atoms with Gasteiger partial charge in [-0.05, 0) is 50.0 Å². The number of nitrogens with zero attached hydrogens (tertiary/aromatic N) is 4. The molecule has 10 heteroatoms. The zero-order valence-corrected chi connectivity index (χ0v) is 19.9. The number of hydrogen-bond acceptors (Lipinski definition) is 9. The number of anilines is 2. The minimum absolute atomic E-state index is 0.222. The molecule has 6 N–H and O–H groups in total. The fourth-order valence-electron chi connectivity index (χ4n) is 3.65. The van der Waals surface area contributed by atoms with Crippen LogP contribution < -0.4 is 31.6 Å². The second kappa shape index (κ2) is 12.2. The Morgan fingerprint density at radius 3 is 2.45 bits per heavy atom. The van der Waals surface area contributed by atoms with Crippen molar-refractivity contribution in [1.29, 1.82) is 0 Å². The highest BCUT2D eigenvalue weighted by Gasteiger charge is 2.16. The average molecular weight is 457 g/mol. The highest BCUT2D eigenvalue weighted by Crippen LogP contribution is 2.32. The number of fused-ring (bicyclic) bond motifs is 1. The van der Waals surface area contributed by atoms with Gasteiger partial charge in [-0.1, -0.05) is 13.3 Å². The van der Waals surface area contributed by atoms with Crippen LogP contribution in [0.2, 0.25) is 0 Å². The lowest BCUT2D eigenvalue weighted by atomic mass is 10.1. The number of nitrogens with two attached hydrogens (primary N) is 2. The zero-order chi connectivity index (χ0) is 23.6. The monoisotopic (exact) mass is 456 g/mol. The number of aromatic nitrogens is 4. The van der Waals surface area contributed by atoms with E-state index in [4.69, 9.17) is 26.0 Å².